The van der Waals surface area contributed by atoms with E-state index in [-0.39, 0.29) is 0 Å². The van der Waals surface area contributed by atoms with Gasteiger partial charge in [-0.1, -0.05) is 78.4 Å². The molecule has 0 heteroatoms. The molecule has 0 N–H and O–H groups in total. The van der Waals surface area contributed by atoms with Gasteiger partial charge in [0, 0.05) is 0 Å². The Morgan fingerprint density at radius 2 is 1.70 bits per heavy atom. The van der Waals surface area contributed by atoms with E-state index in [0.29, 0.717) is 5.41 Å². The third kappa shape index (κ3) is 8.12. The number of hydrogen-bond donors (Lipinski definition) is 0. The van der Waals surface area contributed by atoms with Gasteiger partial charge in [0.1, 0.15) is 0 Å². The van der Waals surface area contributed by atoms with Crippen molar-refractivity contribution in [1.82, 2.24) is 0 Å². The van der Waals surface area contributed by atoms with Crippen LogP contribution in [0.25, 0.3) is 0 Å². The van der Waals surface area contributed by atoms with Gasteiger partial charge >= 0.3 is 0 Å². The zero-order chi connectivity index (χ0) is 14.8. The Bertz CT molecular complexity index is 255. The van der Waals surface area contributed by atoms with Gasteiger partial charge in [-0.25, -0.2) is 0 Å². The molecule has 1 unspecified atom stereocenters. The van der Waals surface area contributed by atoms with Gasteiger partial charge in [0.25, 0.3) is 0 Å². The van der Waals surface area contributed by atoms with Crippen molar-refractivity contribution in [2.45, 2.75) is 98.3 Å². The van der Waals surface area contributed by atoms with Crippen LogP contribution < -0.4 is 0 Å². The second-order valence-corrected chi connectivity index (χ2v) is 7.95. The smallest absolute Gasteiger partial charge is 0.0346 e. The molecule has 0 bridgehead atoms. The maximum atomic E-state index is 2.46. The molecule has 0 heterocycles. The van der Waals surface area contributed by atoms with E-state index in [1.807, 2.05) is 0 Å². The lowest BCUT2D eigenvalue weighted by Crippen LogP contribution is -2.10. The van der Waals surface area contributed by atoms with Gasteiger partial charge in [0.15, 0.2) is 0 Å². The SMILES string of the molecule is CCC(C)(C)CCC=CCCC(C)CC1CCCCC1. The highest BCUT2D eigenvalue weighted by Gasteiger charge is 2.16. The summed E-state index contributed by atoms with van der Waals surface area (Å²) in [7, 11) is 0. The largest absolute Gasteiger partial charge is 0.0885 e. The third-order valence-corrected chi connectivity index (χ3v) is 5.40. The first-order chi connectivity index (χ1) is 9.53. The lowest BCUT2D eigenvalue weighted by Gasteiger charge is -2.24. The molecule has 0 saturated heterocycles. The average Bonchev–Trinajstić information content (AvgIpc) is 2.44. The van der Waals surface area contributed by atoms with Crippen molar-refractivity contribution in [3.63, 3.8) is 0 Å². The molecule has 0 radical (unpaired) electrons. The Morgan fingerprint density at radius 1 is 1.05 bits per heavy atom. The Morgan fingerprint density at radius 3 is 2.35 bits per heavy atom. The molecule has 1 aliphatic carbocycles. The molecule has 0 nitrogen and oxygen atoms in total. The lowest BCUT2D eigenvalue weighted by molar-refractivity contribution is 0.290. The molecule has 20 heavy (non-hydrogen) atoms. The summed E-state index contributed by atoms with van der Waals surface area (Å²) >= 11 is 0. The summed E-state index contributed by atoms with van der Waals surface area (Å²) < 4.78 is 0. The van der Waals surface area contributed by atoms with E-state index < -0.39 is 0 Å². The first kappa shape index (κ1) is 17.8. The molecular formula is C20H38. The highest BCUT2D eigenvalue weighted by atomic mass is 14.2. The van der Waals surface area contributed by atoms with Crippen molar-refractivity contribution in [1.29, 1.82) is 0 Å². The van der Waals surface area contributed by atoms with E-state index in [1.165, 1.54) is 70.6 Å². The standard InChI is InChI=1S/C20H38/c1-5-20(3,4)16-12-7-6-9-13-18(2)17-19-14-10-8-11-15-19/h6-7,18-19H,5,8-17H2,1-4H3. The van der Waals surface area contributed by atoms with E-state index in [4.69, 9.17) is 0 Å². The predicted molar refractivity (Wildman–Crippen MR) is 92.0 cm³/mol. The summed E-state index contributed by atoms with van der Waals surface area (Å²) in [5, 5.41) is 0. The summed E-state index contributed by atoms with van der Waals surface area (Å²) in [6, 6.07) is 0. The van der Waals surface area contributed by atoms with Crippen molar-refractivity contribution < 1.29 is 0 Å². The summed E-state index contributed by atoms with van der Waals surface area (Å²) in [5.41, 5.74) is 0.526. The van der Waals surface area contributed by atoms with Crippen molar-refractivity contribution in [3.8, 4) is 0 Å². The second kappa shape index (κ2) is 9.64. The molecule has 1 aliphatic rings. The predicted octanol–water partition coefficient (Wildman–Crippen LogP) is 7.15. The fraction of sp³-hybridized carbons (Fsp3) is 0.900. The summed E-state index contributed by atoms with van der Waals surface area (Å²) in [4.78, 5) is 0. The minimum Gasteiger partial charge on any atom is -0.0885 e. The first-order valence-electron chi connectivity index (χ1n) is 9.18. The highest BCUT2D eigenvalue weighted by Crippen LogP contribution is 2.30. The summed E-state index contributed by atoms with van der Waals surface area (Å²) in [6.45, 7) is 9.53. The lowest BCUT2D eigenvalue weighted by atomic mass is 9.82. The minimum atomic E-state index is 0.526. The molecule has 1 rings (SSSR count). The van der Waals surface area contributed by atoms with Crippen molar-refractivity contribution in [3.05, 3.63) is 12.2 Å². The van der Waals surface area contributed by atoms with Crippen LogP contribution in [0, 0.1) is 17.3 Å². The van der Waals surface area contributed by atoms with E-state index in [0.717, 1.165) is 11.8 Å². The van der Waals surface area contributed by atoms with Crippen LogP contribution in [0.2, 0.25) is 0 Å². The van der Waals surface area contributed by atoms with Gasteiger partial charge in [0.2, 0.25) is 0 Å². The van der Waals surface area contributed by atoms with Crippen LogP contribution in [0.4, 0.5) is 0 Å². The van der Waals surface area contributed by atoms with Crippen LogP contribution in [0.5, 0.6) is 0 Å². The second-order valence-electron chi connectivity index (χ2n) is 7.95. The van der Waals surface area contributed by atoms with Crippen molar-refractivity contribution >= 4 is 0 Å². The number of allylic oxidation sites excluding steroid dienone is 2. The fourth-order valence-corrected chi connectivity index (χ4v) is 3.38. The van der Waals surface area contributed by atoms with Crippen LogP contribution in [-0.2, 0) is 0 Å². The molecule has 0 aromatic rings. The number of rotatable bonds is 9. The molecule has 0 amide bonds. The van der Waals surface area contributed by atoms with Gasteiger partial charge in [0.05, 0.1) is 0 Å². The Labute approximate surface area is 128 Å². The van der Waals surface area contributed by atoms with Crippen LogP contribution in [0.15, 0.2) is 12.2 Å². The van der Waals surface area contributed by atoms with Crippen LogP contribution >= 0.6 is 0 Å². The Hall–Kier alpha value is -0.260. The molecular weight excluding hydrogens is 240 g/mol. The first-order valence-corrected chi connectivity index (χ1v) is 9.18. The zero-order valence-corrected chi connectivity index (χ0v) is 14.6. The van der Waals surface area contributed by atoms with Crippen LogP contribution in [0.1, 0.15) is 98.3 Å². The normalized spacial score (nSPS) is 19.6. The third-order valence-electron chi connectivity index (χ3n) is 5.40. The molecule has 0 aliphatic heterocycles. The van der Waals surface area contributed by atoms with Crippen LogP contribution in [0.3, 0.4) is 0 Å². The van der Waals surface area contributed by atoms with Crippen molar-refractivity contribution in [2.75, 3.05) is 0 Å². The monoisotopic (exact) mass is 278 g/mol. The highest BCUT2D eigenvalue weighted by molar-refractivity contribution is 4.84. The quantitative estimate of drug-likeness (QED) is 0.393. The summed E-state index contributed by atoms with van der Waals surface area (Å²) in [6.07, 6.45) is 20.4. The van der Waals surface area contributed by atoms with Gasteiger partial charge in [-0.15, -0.1) is 0 Å². The van der Waals surface area contributed by atoms with E-state index in [1.54, 1.807) is 0 Å². The maximum Gasteiger partial charge on any atom is -0.0346 e. The Kier molecular flexibility index (Phi) is 8.57. The van der Waals surface area contributed by atoms with Gasteiger partial charge in [-0.05, 0) is 49.4 Å². The number of hydrogen-bond acceptors (Lipinski definition) is 0. The minimum absolute atomic E-state index is 0.526. The zero-order valence-electron chi connectivity index (χ0n) is 14.6. The summed E-state index contributed by atoms with van der Waals surface area (Å²) in [5.74, 6) is 1.97. The molecule has 118 valence electrons. The van der Waals surface area contributed by atoms with E-state index in [9.17, 15) is 0 Å². The maximum absolute atomic E-state index is 2.46. The molecule has 1 fully saturated rings. The molecule has 0 aromatic carbocycles. The molecule has 1 saturated carbocycles. The van der Waals surface area contributed by atoms with E-state index in [2.05, 4.69) is 39.8 Å². The topological polar surface area (TPSA) is 0 Å². The van der Waals surface area contributed by atoms with Crippen LogP contribution in [-0.4, -0.2) is 0 Å². The van der Waals surface area contributed by atoms with Gasteiger partial charge in [-0.3, -0.25) is 0 Å². The van der Waals surface area contributed by atoms with Crippen molar-refractivity contribution in [2.24, 2.45) is 17.3 Å². The van der Waals surface area contributed by atoms with Gasteiger partial charge in [-0.2, -0.15) is 0 Å². The fourth-order valence-electron chi connectivity index (χ4n) is 3.38. The van der Waals surface area contributed by atoms with E-state index >= 15 is 0 Å². The average molecular weight is 279 g/mol. The van der Waals surface area contributed by atoms with Gasteiger partial charge < -0.3 is 0 Å². The molecule has 1 atom stereocenters. The molecule has 0 aromatic heterocycles. The Balaban J connectivity index is 2.04. The molecule has 0 spiro atoms.